The van der Waals surface area contributed by atoms with Gasteiger partial charge in [0.2, 0.25) is 5.91 Å². The summed E-state index contributed by atoms with van der Waals surface area (Å²) in [5.41, 5.74) is 4.67. The van der Waals surface area contributed by atoms with Crippen LogP contribution in [0.5, 0.6) is 0 Å². The number of benzene rings is 2. The molecule has 0 unspecified atom stereocenters. The molecule has 1 aliphatic rings. The Morgan fingerprint density at radius 1 is 1.10 bits per heavy atom. The molecule has 2 aromatic carbocycles. The number of carbonyl (C=O) groups is 1. The fraction of sp³-hybridized carbons (Fsp3) is 0.333. The van der Waals surface area contributed by atoms with Crippen LogP contribution in [0.1, 0.15) is 24.0 Å². The minimum atomic E-state index is 0.0411. The number of likely N-dealkylation sites (tertiary alicyclic amines) is 1. The van der Waals surface area contributed by atoms with Crippen molar-refractivity contribution in [3.8, 4) is 11.3 Å². The molecule has 30 heavy (non-hydrogen) atoms. The lowest BCUT2D eigenvalue weighted by Gasteiger charge is -2.32. The summed E-state index contributed by atoms with van der Waals surface area (Å²) in [6.45, 7) is 5.34. The summed E-state index contributed by atoms with van der Waals surface area (Å²) in [7, 11) is 0. The van der Waals surface area contributed by atoms with Gasteiger partial charge in [0, 0.05) is 31.1 Å². The average molecular weight is 438 g/mol. The minimum Gasteiger partial charge on any atom is -0.352 e. The summed E-state index contributed by atoms with van der Waals surface area (Å²) in [6.07, 6.45) is 1.97. The van der Waals surface area contributed by atoms with E-state index in [1.54, 1.807) is 0 Å². The van der Waals surface area contributed by atoms with Gasteiger partial charge in [-0.2, -0.15) is 0 Å². The van der Waals surface area contributed by atoms with Crippen molar-refractivity contribution in [2.45, 2.75) is 38.9 Å². The third kappa shape index (κ3) is 5.25. The normalized spacial score (nSPS) is 15.2. The van der Waals surface area contributed by atoms with Crippen molar-refractivity contribution in [1.82, 2.24) is 14.8 Å². The Kier molecular flexibility index (Phi) is 6.77. The molecule has 1 aliphatic heterocycles. The highest BCUT2D eigenvalue weighted by Crippen LogP contribution is 2.24. The van der Waals surface area contributed by atoms with E-state index in [2.05, 4.69) is 71.7 Å². The van der Waals surface area contributed by atoms with E-state index in [0.717, 1.165) is 47.7 Å². The maximum atomic E-state index is 12.8. The van der Waals surface area contributed by atoms with E-state index in [9.17, 15) is 4.79 Å². The summed E-state index contributed by atoms with van der Waals surface area (Å²) < 4.78 is 2.68. The largest absolute Gasteiger partial charge is 0.352 e. The van der Waals surface area contributed by atoms with E-state index in [1.165, 1.54) is 22.5 Å². The molecule has 0 aliphatic carbocycles. The fourth-order valence-corrected chi connectivity index (χ4v) is 5.00. The topological polar surface area (TPSA) is 37.3 Å². The summed E-state index contributed by atoms with van der Waals surface area (Å²) >= 11 is 7.00. The van der Waals surface area contributed by atoms with Crippen LogP contribution in [0.25, 0.3) is 11.3 Å². The molecule has 1 amide bonds. The zero-order valence-electron chi connectivity index (χ0n) is 17.2. The zero-order chi connectivity index (χ0) is 20.9. The van der Waals surface area contributed by atoms with Gasteiger partial charge in [0.1, 0.15) is 6.54 Å². The second-order valence-corrected chi connectivity index (χ2v) is 9.45. The maximum Gasteiger partial charge on any atom is 0.240 e. The van der Waals surface area contributed by atoms with Crippen LogP contribution < -0.4 is 5.32 Å². The number of nitrogens with zero attached hydrogens (tertiary/aromatic N) is 2. The predicted octanol–water partition coefficient (Wildman–Crippen LogP) is 5.04. The molecule has 156 valence electrons. The number of piperidine rings is 1. The van der Waals surface area contributed by atoms with Gasteiger partial charge in [0.15, 0.2) is 3.95 Å². The van der Waals surface area contributed by atoms with Crippen LogP contribution in [0.2, 0.25) is 0 Å². The number of amides is 1. The van der Waals surface area contributed by atoms with Crippen molar-refractivity contribution in [1.29, 1.82) is 0 Å². The maximum absolute atomic E-state index is 12.8. The van der Waals surface area contributed by atoms with E-state index in [-0.39, 0.29) is 18.5 Å². The first-order valence-electron chi connectivity index (χ1n) is 10.4. The van der Waals surface area contributed by atoms with Crippen LogP contribution in [0.15, 0.2) is 60.0 Å². The second kappa shape index (κ2) is 9.69. The number of rotatable bonds is 6. The van der Waals surface area contributed by atoms with Crippen molar-refractivity contribution < 1.29 is 4.79 Å². The number of aromatic nitrogens is 1. The van der Waals surface area contributed by atoms with Crippen molar-refractivity contribution in [3.05, 3.63) is 75.1 Å². The molecule has 3 aromatic rings. The molecule has 6 heteroatoms. The molecule has 2 heterocycles. The molecule has 1 N–H and O–H groups in total. The van der Waals surface area contributed by atoms with Gasteiger partial charge in [0.05, 0.1) is 5.69 Å². The lowest BCUT2D eigenvalue weighted by molar-refractivity contribution is -0.122. The van der Waals surface area contributed by atoms with Crippen molar-refractivity contribution >= 4 is 29.5 Å². The summed E-state index contributed by atoms with van der Waals surface area (Å²) in [5.74, 6) is 0.0411. The first-order valence-corrected chi connectivity index (χ1v) is 11.7. The first-order chi connectivity index (χ1) is 14.6. The Hall–Kier alpha value is -2.28. The molecule has 4 rings (SSSR count). The number of thiazole rings is 1. The standard InChI is InChI=1S/C24H27N3OS2/c1-18-7-9-20(10-8-18)22-17-30-24(29)27(22)16-23(28)25-21-11-13-26(14-12-21)15-19-5-3-2-4-6-19/h2-10,17,21H,11-16H2,1H3,(H,25,28). The van der Waals surface area contributed by atoms with Gasteiger partial charge in [0.25, 0.3) is 0 Å². The predicted molar refractivity (Wildman–Crippen MR) is 126 cm³/mol. The van der Waals surface area contributed by atoms with Crippen molar-refractivity contribution in [2.75, 3.05) is 13.1 Å². The van der Waals surface area contributed by atoms with E-state index < -0.39 is 0 Å². The Balaban J connectivity index is 1.32. The zero-order valence-corrected chi connectivity index (χ0v) is 18.8. The van der Waals surface area contributed by atoms with Gasteiger partial charge >= 0.3 is 0 Å². The molecule has 0 spiro atoms. The van der Waals surface area contributed by atoms with Gasteiger partial charge < -0.3 is 9.88 Å². The molecule has 1 saturated heterocycles. The highest BCUT2D eigenvalue weighted by molar-refractivity contribution is 7.73. The Morgan fingerprint density at radius 3 is 2.50 bits per heavy atom. The third-order valence-electron chi connectivity index (χ3n) is 5.63. The number of hydrogen-bond acceptors (Lipinski definition) is 4. The van der Waals surface area contributed by atoms with Gasteiger partial charge in [-0.1, -0.05) is 60.2 Å². The van der Waals surface area contributed by atoms with E-state index in [1.807, 2.05) is 9.95 Å². The van der Waals surface area contributed by atoms with Gasteiger partial charge in [-0.25, -0.2) is 0 Å². The summed E-state index contributed by atoms with van der Waals surface area (Å²) in [5, 5.41) is 5.27. The molecule has 1 aromatic heterocycles. The van der Waals surface area contributed by atoms with Crippen LogP contribution in [-0.2, 0) is 17.9 Å². The van der Waals surface area contributed by atoms with Gasteiger partial charge in [-0.3, -0.25) is 9.69 Å². The molecule has 0 bridgehead atoms. The average Bonchev–Trinajstić information content (AvgIpc) is 3.11. The molecule has 0 atom stereocenters. The smallest absolute Gasteiger partial charge is 0.240 e. The van der Waals surface area contributed by atoms with E-state index in [4.69, 9.17) is 12.2 Å². The highest BCUT2D eigenvalue weighted by atomic mass is 32.1. The fourth-order valence-electron chi connectivity index (χ4n) is 3.92. The molecule has 4 nitrogen and oxygen atoms in total. The summed E-state index contributed by atoms with van der Waals surface area (Å²) in [6, 6.07) is 19.1. The lowest BCUT2D eigenvalue weighted by Crippen LogP contribution is -2.45. The molecule has 1 fully saturated rings. The van der Waals surface area contributed by atoms with Crippen LogP contribution in [0, 0.1) is 10.9 Å². The first kappa shape index (κ1) is 21.0. The van der Waals surface area contributed by atoms with Gasteiger partial charge in [-0.05, 0) is 43.1 Å². The van der Waals surface area contributed by atoms with Crippen LogP contribution in [0.3, 0.4) is 0 Å². The highest BCUT2D eigenvalue weighted by Gasteiger charge is 2.21. The SMILES string of the molecule is Cc1ccc(-c2csc(=S)n2CC(=O)NC2CCN(Cc3ccccc3)CC2)cc1. The number of carbonyl (C=O) groups excluding carboxylic acids is 1. The Bertz CT molecular complexity index is 1030. The Morgan fingerprint density at radius 2 is 1.80 bits per heavy atom. The summed E-state index contributed by atoms with van der Waals surface area (Å²) in [4.78, 5) is 15.2. The third-order valence-corrected chi connectivity index (χ3v) is 6.91. The van der Waals surface area contributed by atoms with E-state index in [0.29, 0.717) is 0 Å². The van der Waals surface area contributed by atoms with Crippen LogP contribution in [0.4, 0.5) is 0 Å². The quantitative estimate of drug-likeness (QED) is 0.549. The van der Waals surface area contributed by atoms with Crippen molar-refractivity contribution in [3.63, 3.8) is 0 Å². The van der Waals surface area contributed by atoms with Gasteiger partial charge in [-0.15, -0.1) is 11.3 Å². The monoisotopic (exact) mass is 437 g/mol. The molecule has 0 radical (unpaired) electrons. The minimum absolute atomic E-state index is 0.0411. The van der Waals surface area contributed by atoms with Crippen molar-refractivity contribution in [2.24, 2.45) is 0 Å². The lowest BCUT2D eigenvalue weighted by atomic mass is 10.0. The number of aryl methyl sites for hydroxylation is 1. The number of nitrogens with one attached hydrogen (secondary N) is 1. The second-order valence-electron chi connectivity index (χ2n) is 7.94. The Labute approximate surface area is 187 Å². The molecular weight excluding hydrogens is 410 g/mol. The molecular formula is C24H27N3OS2. The number of hydrogen-bond donors (Lipinski definition) is 1. The van der Waals surface area contributed by atoms with E-state index >= 15 is 0 Å². The van der Waals surface area contributed by atoms with Crippen LogP contribution >= 0.6 is 23.6 Å². The van der Waals surface area contributed by atoms with Crippen LogP contribution in [-0.4, -0.2) is 34.5 Å². The molecule has 0 saturated carbocycles.